The third kappa shape index (κ3) is 9.51. The third-order valence-electron chi connectivity index (χ3n) is 10.2. The molecule has 8 rings (SSSR count). The van der Waals surface area contributed by atoms with E-state index < -0.39 is 35.7 Å². The van der Waals surface area contributed by atoms with Gasteiger partial charge in [-0.3, -0.25) is 0 Å². The zero-order chi connectivity index (χ0) is 44.3. The number of hydrogen-bond donors (Lipinski definition) is 2. The highest BCUT2D eigenvalue weighted by atomic mass is 19.4. The highest BCUT2D eigenvalue weighted by molar-refractivity contribution is 5.76. The lowest BCUT2D eigenvalue weighted by Crippen LogP contribution is -2.08. The van der Waals surface area contributed by atoms with Gasteiger partial charge in [-0.05, 0) is 96.5 Å². The molecular formula is C48H38F6N4O4. The fraction of sp³-hybridized carbons (Fsp3) is 0.167. The summed E-state index contributed by atoms with van der Waals surface area (Å²) in [4.78, 5) is 8.52. The maximum absolute atomic E-state index is 13.8. The van der Waals surface area contributed by atoms with E-state index in [-0.39, 0.29) is 45.7 Å². The van der Waals surface area contributed by atoms with Crippen LogP contribution in [-0.4, -0.2) is 30.5 Å². The van der Waals surface area contributed by atoms with Crippen molar-refractivity contribution in [1.29, 1.82) is 0 Å². The summed E-state index contributed by atoms with van der Waals surface area (Å²) >= 11 is 0. The zero-order valence-corrected chi connectivity index (χ0v) is 33.6. The predicted molar refractivity (Wildman–Crippen MR) is 222 cm³/mol. The van der Waals surface area contributed by atoms with Crippen LogP contribution in [0.5, 0.6) is 0 Å². The molecule has 2 N–H and O–H groups in total. The summed E-state index contributed by atoms with van der Waals surface area (Å²) < 4.78 is 93.6. The lowest BCUT2D eigenvalue weighted by Gasteiger charge is -2.15. The van der Waals surface area contributed by atoms with E-state index in [1.807, 2.05) is 0 Å². The molecular weight excluding hydrogens is 811 g/mol. The highest BCUT2D eigenvalue weighted by Crippen LogP contribution is 2.42. The van der Waals surface area contributed by atoms with Gasteiger partial charge in [-0.1, -0.05) is 120 Å². The topological polar surface area (TPSA) is 118 Å². The zero-order valence-electron chi connectivity index (χ0n) is 33.6. The molecule has 8 aromatic rings. The summed E-state index contributed by atoms with van der Waals surface area (Å²) in [5.74, 6) is 0.500. The fourth-order valence-corrected chi connectivity index (χ4v) is 6.78. The largest absolute Gasteiger partial charge is 0.417 e. The van der Waals surface area contributed by atoms with Crippen LogP contribution in [0.1, 0.15) is 59.4 Å². The van der Waals surface area contributed by atoms with Crippen molar-refractivity contribution in [2.75, 3.05) is 0 Å². The van der Waals surface area contributed by atoms with Gasteiger partial charge in [-0.2, -0.15) is 36.3 Å². The standard InChI is InChI=1S/2C24H19F3N2O2/c2*1-14-5-3-4-6-19(14)20-12-11-18(13-21(20)24(25,26)27)23-28-22(29-31-23)17-9-7-16(8-10-17)15(2)30/h2*3-13,15,30H,1-2H3. The predicted octanol–water partition coefficient (Wildman–Crippen LogP) is 12.9. The molecule has 8 nitrogen and oxygen atoms in total. The first-order valence-corrected chi connectivity index (χ1v) is 19.3. The van der Waals surface area contributed by atoms with Crippen LogP contribution in [0.2, 0.25) is 0 Å². The Morgan fingerprint density at radius 3 is 1.11 bits per heavy atom. The minimum Gasteiger partial charge on any atom is -0.389 e. The third-order valence-corrected chi connectivity index (χ3v) is 10.2. The van der Waals surface area contributed by atoms with E-state index in [9.17, 15) is 36.6 Å². The Balaban J connectivity index is 0.000000186. The molecule has 0 aliphatic rings. The molecule has 0 amide bonds. The molecule has 0 aliphatic carbocycles. The molecule has 316 valence electrons. The Labute approximate surface area is 352 Å². The molecule has 0 spiro atoms. The Bertz CT molecular complexity index is 2620. The molecule has 62 heavy (non-hydrogen) atoms. The number of rotatable bonds is 8. The van der Waals surface area contributed by atoms with Crippen LogP contribution in [0.25, 0.3) is 67.9 Å². The number of aliphatic hydroxyl groups is 2. The molecule has 0 aliphatic heterocycles. The van der Waals surface area contributed by atoms with Gasteiger partial charge in [0.1, 0.15) is 0 Å². The fourth-order valence-electron chi connectivity index (χ4n) is 6.78. The molecule has 2 heterocycles. The molecule has 0 bridgehead atoms. The summed E-state index contributed by atoms with van der Waals surface area (Å²) in [6, 6.07) is 35.7. The Morgan fingerprint density at radius 2 is 0.790 bits per heavy atom. The smallest absolute Gasteiger partial charge is 0.389 e. The van der Waals surface area contributed by atoms with Gasteiger partial charge in [0.2, 0.25) is 11.6 Å². The normalized spacial score (nSPS) is 12.7. The van der Waals surface area contributed by atoms with Crippen LogP contribution < -0.4 is 0 Å². The number of nitrogens with zero attached hydrogens (tertiary/aromatic N) is 4. The number of aryl methyl sites for hydroxylation is 2. The summed E-state index contributed by atoms with van der Waals surface area (Å²) in [5.41, 5.74) is 4.31. The van der Waals surface area contributed by atoms with Crippen molar-refractivity contribution in [2.45, 2.75) is 52.3 Å². The second kappa shape index (κ2) is 17.6. The van der Waals surface area contributed by atoms with Gasteiger partial charge in [-0.25, -0.2) is 0 Å². The van der Waals surface area contributed by atoms with Crippen LogP contribution in [0.4, 0.5) is 26.3 Å². The number of aliphatic hydroxyl groups excluding tert-OH is 2. The number of benzene rings is 6. The van der Waals surface area contributed by atoms with Crippen molar-refractivity contribution in [2.24, 2.45) is 0 Å². The molecule has 2 unspecified atom stereocenters. The van der Waals surface area contributed by atoms with Crippen molar-refractivity contribution in [3.63, 3.8) is 0 Å². The van der Waals surface area contributed by atoms with Crippen molar-refractivity contribution >= 4 is 0 Å². The van der Waals surface area contributed by atoms with Gasteiger partial charge in [0.15, 0.2) is 0 Å². The van der Waals surface area contributed by atoms with Gasteiger partial charge >= 0.3 is 12.4 Å². The number of aromatic nitrogens is 4. The first-order chi connectivity index (χ1) is 29.5. The van der Waals surface area contributed by atoms with E-state index in [0.29, 0.717) is 22.3 Å². The summed E-state index contributed by atoms with van der Waals surface area (Å²) in [5, 5.41) is 27.0. The second-order valence-electron chi connectivity index (χ2n) is 14.6. The van der Waals surface area contributed by atoms with Crippen LogP contribution in [0.3, 0.4) is 0 Å². The monoisotopic (exact) mass is 848 g/mol. The lowest BCUT2D eigenvalue weighted by molar-refractivity contribution is -0.137. The van der Waals surface area contributed by atoms with E-state index >= 15 is 0 Å². The van der Waals surface area contributed by atoms with Gasteiger partial charge < -0.3 is 19.3 Å². The molecule has 0 fully saturated rings. The Kier molecular flexibility index (Phi) is 12.3. The molecule has 2 atom stereocenters. The maximum atomic E-state index is 13.8. The minimum absolute atomic E-state index is 0.00330. The molecule has 0 saturated heterocycles. The minimum atomic E-state index is -4.55. The van der Waals surface area contributed by atoms with E-state index in [0.717, 1.165) is 34.4 Å². The van der Waals surface area contributed by atoms with Gasteiger partial charge in [-0.15, -0.1) is 0 Å². The van der Waals surface area contributed by atoms with E-state index in [1.165, 1.54) is 12.1 Å². The molecule has 14 heteroatoms. The van der Waals surface area contributed by atoms with Crippen LogP contribution in [0, 0.1) is 13.8 Å². The number of alkyl halides is 6. The highest BCUT2D eigenvalue weighted by Gasteiger charge is 2.36. The summed E-state index contributed by atoms with van der Waals surface area (Å²) in [6.45, 7) is 6.85. The summed E-state index contributed by atoms with van der Waals surface area (Å²) in [6.07, 6.45) is -10.3. The van der Waals surface area contributed by atoms with E-state index in [2.05, 4.69) is 20.3 Å². The Morgan fingerprint density at radius 1 is 0.452 bits per heavy atom. The quantitative estimate of drug-likeness (QED) is 0.145. The second-order valence-corrected chi connectivity index (χ2v) is 14.6. The molecule has 0 saturated carbocycles. The van der Waals surface area contributed by atoms with Crippen molar-refractivity contribution in [1.82, 2.24) is 20.3 Å². The van der Waals surface area contributed by atoms with Crippen molar-refractivity contribution in [3.05, 3.63) is 167 Å². The first-order valence-electron chi connectivity index (χ1n) is 19.3. The molecule has 0 radical (unpaired) electrons. The average molecular weight is 849 g/mol. The SMILES string of the molecule is Cc1ccccc1-c1ccc(-c2nc(-c3ccc(C(C)O)cc3)no2)cc1C(F)(F)F.Cc1ccccc1-c1ccc(-c2nc(-c3ccc(C(C)O)cc3)no2)cc1C(F)(F)F. The first kappa shape index (κ1) is 43.2. The van der Waals surface area contributed by atoms with Gasteiger partial charge in [0.05, 0.1) is 23.3 Å². The lowest BCUT2D eigenvalue weighted by atomic mass is 9.94. The van der Waals surface area contributed by atoms with Gasteiger partial charge in [0.25, 0.3) is 11.8 Å². The van der Waals surface area contributed by atoms with Crippen molar-refractivity contribution < 1.29 is 45.6 Å². The molecule has 6 aromatic carbocycles. The number of halogens is 6. The van der Waals surface area contributed by atoms with Crippen LogP contribution >= 0.6 is 0 Å². The van der Waals surface area contributed by atoms with Crippen LogP contribution in [0.15, 0.2) is 143 Å². The maximum Gasteiger partial charge on any atom is 0.417 e. The Hall–Kier alpha value is -6.90. The van der Waals surface area contributed by atoms with Gasteiger partial charge in [0, 0.05) is 22.3 Å². The van der Waals surface area contributed by atoms with Crippen molar-refractivity contribution in [3.8, 4) is 67.9 Å². The van der Waals surface area contributed by atoms with Crippen LogP contribution in [-0.2, 0) is 12.4 Å². The van der Waals surface area contributed by atoms with E-state index in [4.69, 9.17) is 9.05 Å². The average Bonchev–Trinajstić information content (AvgIpc) is 3.95. The van der Waals surface area contributed by atoms with E-state index in [1.54, 1.807) is 137 Å². The summed E-state index contributed by atoms with van der Waals surface area (Å²) in [7, 11) is 0. The molecule has 2 aromatic heterocycles. The number of hydrogen-bond acceptors (Lipinski definition) is 8.